The number of fused-ring (bicyclic) bond motifs is 1. The van der Waals surface area contributed by atoms with Gasteiger partial charge in [0.1, 0.15) is 18.1 Å². The smallest absolute Gasteiger partial charge is 0.225 e. The molecule has 0 radical (unpaired) electrons. The van der Waals surface area contributed by atoms with Crippen LogP contribution in [0.3, 0.4) is 0 Å². The third kappa shape index (κ3) is 8.46. The van der Waals surface area contributed by atoms with Gasteiger partial charge < -0.3 is 33.9 Å². The van der Waals surface area contributed by atoms with Crippen molar-refractivity contribution in [2.45, 2.75) is 83.5 Å². The van der Waals surface area contributed by atoms with Gasteiger partial charge in [0, 0.05) is 44.7 Å². The van der Waals surface area contributed by atoms with Crippen LogP contribution in [-0.2, 0) is 25.6 Å². The van der Waals surface area contributed by atoms with Crippen molar-refractivity contribution >= 4 is 11.6 Å². The number of ether oxygens (including phenoxy) is 5. The molecule has 1 saturated heterocycles. The molecule has 0 bridgehead atoms. The fourth-order valence-electron chi connectivity index (χ4n) is 7.13. The molecule has 3 aliphatic rings. The number of amides is 1. The van der Waals surface area contributed by atoms with Crippen molar-refractivity contribution in [3.8, 4) is 11.5 Å². The molecule has 242 valence electrons. The first-order chi connectivity index (χ1) is 21.4. The molecule has 4 atom stereocenters. The van der Waals surface area contributed by atoms with E-state index in [1.54, 1.807) is 14.2 Å². The molecule has 2 aromatic rings. The first-order valence-corrected chi connectivity index (χ1v) is 16.5. The number of benzene rings is 2. The van der Waals surface area contributed by atoms with Gasteiger partial charge in [0.25, 0.3) is 0 Å². The van der Waals surface area contributed by atoms with Crippen LogP contribution in [0, 0.1) is 11.3 Å². The third-order valence-electron chi connectivity index (χ3n) is 9.59. The number of hydrogen-bond acceptors (Lipinski definition) is 7. The van der Waals surface area contributed by atoms with Crippen LogP contribution < -0.4 is 19.7 Å². The van der Waals surface area contributed by atoms with Crippen LogP contribution in [0.25, 0.3) is 0 Å². The zero-order valence-corrected chi connectivity index (χ0v) is 27.1. The van der Waals surface area contributed by atoms with Crippen LogP contribution in [0.5, 0.6) is 11.5 Å². The highest BCUT2D eigenvalue weighted by molar-refractivity contribution is 5.81. The Hall–Kier alpha value is -2.81. The maximum Gasteiger partial charge on any atom is 0.225 e. The normalized spacial score (nSPS) is 23.6. The number of hydrogen-bond donors (Lipinski definition) is 1. The second-order valence-corrected chi connectivity index (χ2v) is 13.3. The van der Waals surface area contributed by atoms with Gasteiger partial charge in [-0.1, -0.05) is 32.0 Å². The van der Waals surface area contributed by atoms with Crippen LogP contribution in [-0.4, -0.2) is 71.8 Å². The predicted octanol–water partition coefficient (Wildman–Crippen LogP) is 6.11. The number of carbonyl (C=O) groups excluding carboxylic acids is 1. The van der Waals surface area contributed by atoms with Gasteiger partial charge >= 0.3 is 0 Å². The second-order valence-electron chi connectivity index (χ2n) is 13.3. The average molecular weight is 609 g/mol. The molecular weight excluding hydrogens is 556 g/mol. The van der Waals surface area contributed by atoms with Crippen molar-refractivity contribution in [3.63, 3.8) is 0 Å². The fraction of sp³-hybridized carbons (Fsp3) is 0.639. The summed E-state index contributed by atoms with van der Waals surface area (Å²) in [6.45, 7) is 9.42. The van der Waals surface area contributed by atoms with Crippen LogP contribution in [0.1, 0.15) is 75.8 Å². The molecule has 0 aromatic heterocycles. The Kier molecular flexibility index (Phi) is 11.4. The van der Waals surface area contributed by atoms with E-state index in [-0.39, 0.29) is 24.0 Å². The summed E-state index contributed by atoms with van der Waals surface area (Å²) in [7, 11) is 3.45. The fourth-order valence-corrected chi connectivity index (χ4v) is 7.13. The molecule has 0 unspecified atom stereocenters. The maximum absolute atomic E-state index is 13.2. The minimum Gasteiger partial charge on any atom is -0.497 e. The molecule has 1 aliphatic carbocycles. The van der Waals surface area contributed by atoms with E-state index >= 15 is 0 Å². The van der Waals surface area contributed by atoms with Crippen molar-refractivity contribution in [1.82, 2.24) is 5.32 Å². The molecule has 2 aliphatic heterocycles. The van der Waals surface area contributed by atoms with Crippen molar-refractivity contribution < 1.29 is 28.5 Å². The van der Waals surface area contributed by atoms with E-state index in [9.17, 15) is 4.79 Å². The monoisotopic (exact) mass is 608 g/mol. The zero-order chi connectivity index (χ0) is 30.9. The molecule has 1 saturated carbocycles. The lowest BCUT2D eigenvalue weighted by atomic mass is 9.70. The number of carbonyl (C=O) groups is 1. The topological polar surface area (TPSA) is 78.5 Å². The van der Waals surface area contributed by atoms with Crippen LogP contribution in [0.4, 0.5) is 5.69 Å². The Morgan fingerprint density at radius 3 is 2.66 bits per heavy atom. The Labute approximate surface area is 263 Å². The summed E-state index contributed by atoms with van der Waals surface area (Å²) in [5, 5.41) is 3.17. The van der Waals surface area contributed by atoms with Crippen molar-refractivity contribution in [3.05, 3.63) is 53.6 Å². The standard InChI is InChI=1S/C36H52N2O6/c1-36(2,35(39)37-24-30-7-5-19-42-30)23-26-8-14-33(31(21-26)28-10-12-29(41-4)13-11-28)44-25-27-9-15-34-32(22-27)38(17-20-43-34)16-6-18-40-3/h9-13,15,22,26,30-31,33H,5-8,14,16-21,23-25H2,1-4H3,(H,37,39)/t26-,30-,31+,33-/m0/s1. The lowest BCUT2D eigenvalue weighted by molar-refractivity contribution is -0.131. The molecule has 8 heteroatoms. The summed E-state index contributed by atoms with van der Waals surface area (Å²) in [5.74, 6) is 2.61. The molecule has 2 aromatic carbocycles. The summed E-state index contributed by atoms with van der Waals surface area (Å²) in [4.78, 5) is 15.6. The number of anilines is 1. The second kappa shape index (κ2) is 15.5. The highest BCUT2D eigenvalue weighted by Crippen LogP contribution is 2.43. The van der Waals surface area contributed by atoms with E-state index in [0.717, 1.165) is 94.0 Å². The molecule has 2 heterocycles. The van der Waals surface area contributed by atoms with Gasteiger partial charge in [0.05, 0.1) is 38.2 Å². The summed E-state index contributed by atoms with van der Waals surface area (Å²) in [6, 6.07) is 14.9. The van der Waals surface area contributed by atoms with E-state index in [1.165, 1.54) is 5.56 Å². The van der Waals surface area contributed by atoms with E-state index in [1.807, 2.05) is 12.1 Å². The van der Waals surface area contributed by atoms with E-state index in [0.29, 0.717) is 25.7 Å². The minimum absolute atomic E-state index is 0.0983. The number of rotatable bonds is 14. The Morgan fingerprint density at radius 1 is 1.07 bits per heavy atom. The third-order valence-corrected chi connectivity index (χ3v) is 9.59. The maximum atomic E-state index is 13.2. The van der Waals surface area contributed by atoms with Crippen LogP contribution in [0.15, 0.2) is 42.5 Å². The van der Waals surface area contributed by atoms with E-state index in [4.69, 9.17) is 23.7 Å². The SMILES string of the molecule is COCCCN1CCOc2ccc(CO[C@H]3CC[C@H](CC(C)(C)C(=O)NC[C@@H]4CCCO4)C[C@@H]3c3ccc(OC)cc3)cc21. The lowest BCUT2D eigenvalue weighted by Gasteiger charge is -2.39. The van der Waals surface area contributed by atoms with Crippen LogP contribution in [0.2, 0.25) is 0 Å². The number of nitrogens with one attached hydrogen (secondary N) is 1. The summed E-state index contributed by atoms with van der Waals surface area (Å²) < 4.78 is 29.1. The van der Waals surface area contributed by atoms with Gasteiger partial charge in [0.15, 0.2) is 0 Å². The number of methoxy groups -OCH3 is 2. The summed E-state index contributed by atoms with van der Waals surface area (Å²) >= 11 is 0. The Balaban J connectivity index is 1.24. The van der Waals surface area contributed by atoms with Gasteiger partial charge in [-0.05, 0) is 86.3 Å². The van der Waals surface area contributed by atoms with Crippen molar-refractivity contribution in [2.75, 3.05) is 58.6 Å². The first kappa shape index (κ1) is 32.6. The predicted molar refractivity (Wildman–Crippen MR) is 173 cm³/mol. The first-order valence-electron chi connectivity index (χ1n) is 16.5. The molecule has 1 amide bonds. The van der Waals surface area contributed by atoms with Crippen LogP contribution >= 0.6 is 0 Å². The Bertz CT molecular complexity index is 1200. The molecule has 0 spiro atoms. The van der Waals surface area contributed by atoms with E-state index in [2.05, 4.69) is 54.4 Å². The zero-order valence-electron chi connectivity index (χ0n) is 27.1. The van der Waals surface area contributed by atoms with Gasteiger partial charge in [-0.15, -0.1) is 0 Å². The molecule has 2 fully saturated rings. The van der Waals surface area contributed by atoms with E-state index < -0.39 is 5.41 Å². The molecule has 1 N–H and O–H groups in total. The van der Waals surface area contributed by atoms with Gasteiger partial charge in [-0.2, -0.15) is 0 Å². The largest absolute Gasteiger partial charge is 0.497 e. The average Bonchev–Trinajstić information content (AvgIpc) is 3.57. The molecule has 5 rings (SSSR count). The minimum atomic E-state index is -0.443. The van der Waals surface area contributed by atoms with Gasteiger partial charge in [-0.3, -0.25) is 4.79 Å². The molecule has 8 nitrogen and oxygen atoms in total. The highest BCUT2D eigenvalue weighted by Gasteiger charge is 2.38. The van der Waals surface area contributed by atoms with Crippen molar-refractivity contribution in [1.29, 1.82) is 0 Å². The summed E-state index contributed by atoms with van der Waals surface area (Å²) in [5.41, 5.74) is 3.13. The molecular formula is C36H52N2O6. The lowest BCUT2D eigenvalue weighted by Crippen LogP contribution is -2.42. The quantitative estimate of drug-likeness (QED) is 0.259. The summed E-state index contributed by atoms with van der Waals surface area (Å²) in [6.07, 6.45) is 7.20. The molecule has 44 heavy (non-hydrogen) atoms. The van der Waals surface area contributed by atoms with Gasteiger partial charge in [0.2, 0.25) is 5.91 Å². The Morgan fingerprint density at radius 2 is 1.91 bits per heavy atom. The van der Waals surface area contributed by atoms with Crippen molar-refractivity contribution in [2.24, 2.45) is 11.3 Å². The number of nitrogens with zero attached hydrogens (tertiary/aromatic N) is 1. The van der Waals surface area contributed by atoms with Gasteiger partial charge in [-0.25, -0.2) is 0 Å². The highest BCUT2D eigenvalue weighted by atomic mass is 16.5.